The molecular weight excluding hydrogens is 212 g/mol. The smallest absolute Gasteiger partial charge is 0.225 e. The van der Waals surface area contributed by atoms with Crippen LogP contribution in [0.25, 0.3) is 0 Å². The maximum absolute atomic E-state index is 4.41. The van der Waals surface area contributed by atoms with E-state index in [0.717, 1.165) is 24.6 Å². The highest BCUT2D eigenvalue weighted by molar-refractivity contribution is 5.29. The summed E-state index contributed by atoms with van der Waals surface area (Å²) in [5, 5.41) is 3.26. The van der Waals surface area contributed by atoms with Gasteiger partial charge in [0.15, 0.2) is 0 Å². The molecule has 1 aromatic rings. The Bertz CT molecular complexity index is 310. The largest absolute Gasteiger partial charge is 0.341 e. The molecule has 0 aliphatic rings. The summed E-state index contributed by atoms with van der Waals surface area (Å²) in [6, 6.07) is 0.486. The number of anilines is 1. The van der Waals surface area contributed by atoms with Crippen molar-refractivity contribution in [1.29, 1.82) is 0 Å². The zero-order chi connectivity index (χ0) is 12.7. The van der Waals surface area contributed by atoms with Crippen LogP contribution in [-0.2, 0) is 6.54 Å². The van der Waals surface area contributed by atoms with Crippen LogP contribution in [0.4, 0.5) is 5.95 Å². The monoisotopic (exact) mass is 236 g/mol. The van der Waals surface area contributed by atoms with Gasteiger partial charge in [-0.05, 0) is 19.9 Å². The van der Waals surface area contributed by atoms with E-state index in [2.05, 4.69) is 48.0 Å². The number of nitrogens with zero attached hydrogens (tertiary/aromatic N) is 3. The number of nitrogens with one attached hydrogen (secondary N) is 1. The van der Waals surface area contributed by atoms with Crippen LogP contribution in [0.5, 0.6) is 0 Å². The van der Waals surface area contributed by atoms with Crippen molar-refractivity contribution in [2.45, 2.75) is 46.2 Å². The van der Waals surface area contributed by atoms with E-state index in [4.69, 9.17) is 0 Å². The molecule has 1 heterocycles. The lowest BCUT2D eigenvalue weighted by Gasteiger charge is -2.24. The van der Waals surface area contributed by atoms with E-state index in [0.29, 0.717) is 6.04 Å². The molecule has 1 atom stereocenters. The molecule has 0 saturated heterocycles. The Kier molecular flexibility index (Phi) is 5.91. The van der Waals surface area contributed by atoms with E-state index in [1.165, 1.54) is 12.8 Å². The van der Waals surface area contributed by atoms with Crippen molar-refractivity contribution in [3.63, 3.8) is 0 Å². The maximum Gasteiger partial charge on any atom is 0.225 e. The van der Waals surface area contributed by atoms with E-state index in [1.807, 2.05) is 12.4 Å². The minimum atomic E-state index is 0.486. The molecule has 0 amide bonds. The molecule has 4 nitrogen and oxygen atoms in total. The lowest BCUT2D eigenvalue weighted by molar-refractivity contribution is 0.604. The van der Waals surface area contributed by atoms with Crippen LogP contribution >= 0.6 is 0 Å². The summed E-state index contributed by atoms with van der Waals surface area (Å²) in [7, 11) is 2.06. The van der Waals surface area contributed by atoms with Crippen molar-refractivity contribution in [3.8, 4) is 0 Å². The Hall–Kier alpha value is -1.16. The summed E-state index contributed by atoms with van der Waals surface area (Å²) in [6.45, 7) is 8.31. The standard InChI is InChI=1S/C13H24N4/c1-5-7-11(3)17(4)13-15-9-12(10-16-13)8-14-6-2/h9-11,14H,5-8H2,1-4H3. The predicted molar refractivity (Wildman–Crippen MR) is 72.2 cm³/mol. The van der Waals surface area contributed by atoms with Crippen molar-refractivity contribution in [2.24, 2.45) is 0 Å². The third kappa shape index (κ3) is 4.30. The first kappa shape index (κ1) is 13.9. The SMILES string of the molecule is CCCC(C)N(C)c1ncc(CNCC)cn1. The summed E-state index contributed by atoms with van der Waals surface area (Å²) >= 11 is 0. The molecule has 4 heteroatoms. The molecule has 0 aliphatic carbocycles. The molecule has 1 N–H and O–H groups in total. The van der Waals surface area contributed by atoms with Gasteiger partial charge in [0.25, 0.3) is 0 Å². The summed E-state index contributed by atoms with van der Waals surface area (Å²) in [4.78, 5) is 11.0. The molecule has 0 fully saturated rings. The third-order valence-electron chi connectivity index (χ3n) is 2.95. The molecule has 0 saturated carbocycles. The Morgan fingerprint density at radius 2 is 1.94 bits per heavy atom. The lowest BCUT2D eigenvalue weighted by Crippen LogP contribution is -2.30. The van der Waals surface area contributed by atoms with Crippen LogP contribution in [0, 0.1) is 0 Å². The number of hydrogen-bond donors (Lipinski definition) is 1. The number of aromatic nitrogens is 2. The van der Waals surface area contributed by atoms with Gasteiger partial charge in [-0.2, -0.15) is 0 Å². The van der Waals surface area contributed by atoms with Gasteiger partial charge in [-0.25, -0.2) is 9.97 Å². The Balaban J connectivity index is 2.60. The highest BCUT2D eigenvalue weighted by Crippen LogP contribution is 2.11. The van der Waals surface area contributed by atoms with Gasteiger partial charge in [-0.15, -0.1) is 0 Å². The second-order valence-electron chi connectivity index (χ2n) is 4.42. The second-order valence-corrected chi connectivity index (χ2v) is 4.42. The van der Waals surface area contributed by atoms with Crippen LogP contribution in [0.1, 0.15) is 39.2 Å². The van der Waals surface area contributed by atoms with Gasteiger partial charge in [0.1, 0.15) is 0 Å². The second kappa shape index (κ2) is 7.22. The molecule has 1 unspecified atom stereocenters. The van der Waals surface area contributed by atoms with Crippen LogP contribution in [0.3, 0.4) is 0 Å². The quantitative estimate of drug-likeness (QED) is 0.788. The third-order valence-corrected chi connectivity index (χ3v) is 2.95. The van der Waals surface area contributed by atoms with Crippen LogP contribution in [0.15, 0.2) is 12.4 Å². The van der Waals surface area contributed by atoms with Crippen molar-refractivity contribution in [3.05, 3.63) is 18.0 Å². The van der Waals surface area contributed by atoms with E-state index in [-0.39, 0.29) is 0 Å². The predicted octanol–water partition coefficient (Wildman–Crippen LogP) is 2.21. The maximum atomic E-state index is 4.41. The molecule has 0 spiro atoms. The lowest BCUT2D eigenvalue weighted by atomic mass is 10.2. The summed E-state index contributed by atoms with van der Waals surface area (Å²) < 4.78 is 0. The van der Waals surface area contributed by atoms with E-state index >= 15 is 0 Å². The normalized spacial score (nSPS) is 12.5. The highest BCUT2D eigenvalue weighted by atomic mass is 15.2. The van der Waals surface area contributed by atoms with Crippen molar-refractivity contribution >= 4 is 5.95 Å². The van der Waals surface area contributed by atoms with Gasteiger partial charge < -0.3 is 10.2 Å². The average Bonchev–Trinajstić information content (AvgIpc) is 2.36. The number of hydrogen-bond acceptors (Lipinski definition) is 4. The van der Waals surface area contributed by atoms with Crippen LogP contribution in [-0.4, -0.2) is 29.6 Å². The molecule has 0 radical (unpaired) electrons. The van der Waals surface area contributed by atoms with Gasteiger partial charge in [-0.3, -0.25) is 0 Å². The summed E-state index contributed by atoms with van der Waals surface area (Å²) in [5.74, 6) is 0.811. The van der Waals surface area contributed by atoms with Gasteiger partial charge >= 0.3 is 0 Å². The van der Waals surface area contributed by atoms with E-state index in [9.17, 15) is 0 Å². The van der Waals surface area contributed by atoms with Crippen molar-refractivity contribution < 1.29 is 0 Å². The fraction of sp³-hybridized carbons (Fsp3) is 0.692. The van der Waals surface area contributed by atoms with E-state index in [1.54, 1.807) is 0 Å². The molecular formula is C13H24N4. The van der Waals surface area contributed by atoms with Crippen molar-refractivity contribution in [2.75, 3.05) is 18.5 Å². The van der Waals surface area contributed by atoms with Gasteiger partial charge in [0.05, 0.1) is 0 Å². The molecule has 96 valence electrons. The summed E-state index contributed by atoms with van der Waals surface area (Å²) in [5.41, 5.74) is 1.13. The number of rotatable bonds is 7. The molecule has 1 rings (SSSR count). The van der Waals surface area contributed by atoms with Crippen LogP contribution in [0.2, 0.25) is 0 Å². The molecule has 1 aromatic heterocycles. The van der Waals surface area contributed by atoms with E-state index < -0.39 is 0 Å². The first-order valence-electron chi connectivity index (χ1n) is 6.43. The van der Waals surface area contributed by atoms with Gasteiger partial charge in [0, 0.05) is 37.6 Å². The molecule has 17 heavy (non-hydrogen) atoms. The molecule has 0 aliphatic heterocycles. The average molecular weight is 236 g/mol. The van der Waals surface area contributed by atoms with Gasteiger partial charge in [0.2, 0.25) is 5.95 Å². The Morgan fingerprint density at radius 3 is 2.47 bits per heavy atom. The van der Waals surface area contributed by atoms with Crippen molar-refractivity contribution in [1.82, 2.24) is 15.3 Å². The van der Waals surface area contributed by atoms with Crippen LogP contribution < -0.4 is 10.2 Å². The zero-order valence-corrected chi connectivity index (χ0v) is 11.4. The minimum absolute atomic E-state index is 0.486. The first-order valence-corrected chi connectivity index (χ1v) is 6.43. The Morgan fingerprint density at radius 1 is 1.29 bits per heavy atom. The zero-order valence-electron chi connectivity index (χ0n) is 11.4. The van der Waals surface area contributed by atoms with Gasteiger partial charge in [-0.1, -0.05) is 20.3 Å². The minimum Gasteiger partial charge on any atom is -0.341 e. The molecule has 0 aromatic carbocycles. The topological polar surface area (TPSA) is 41.1 Å². The Labute approximate surface area is 104 Å². The fourth-order valence-electron chi connectivity index (χ4n) is 1.70. The first-order chi connectivity index (χ1) is 8.19. The molecule has 0 bridgehead atoms. The fourth-order valence-corrected chi connectivity index (χ4v) is 1.70. The summed E-state index contributed by atoms with van der Waals surface area (Å²) in [6.07, 6.45) is 6.16. The highest BCUT2D eigenvalue weighted by Gasteiger charge is 2.11.